The molecule has 3 aliphatic carbocycles. The van der Waals surface area contributed by atoms with Gasteiger partial charge in [-0.05, 0) is 46.5 Å². The monoisotopic (exact) mass is 404 g/mol. The maximum atomic E-state index is 13.9. The van der Waals surface area contributed by atoms with Gasteiger partial charge in [0.15, 0.2) is 0 Å². The van der Waals surface area contributed by atoms with Crippen molar-refractivity contribution < 1.29 is 9.59 Å². The summed E-state index contributed by atoms with van der Waals surface area (Å²) in [5.74, 6) is -1.24. The van der Waals surface area contributed by atoms with Gasteiger partial charge in [-0.25, -0.2) is 4.90 Å². The number of nitriles is 1. The molecular weight excluding hydrogens is 384 g/mol. The first-order valence-corrected chi connectivity index (χ1v) is 10.5. The maximum Gasteiger partial charge on any atom is 0.238 e. The Balaban J connectivity index is 1.63. The number of hydrogen-bond donors (Lipinski definition) is 0. The second-order valence-electron chi connectivity index (χ2n) is 9.12. The van der Waals surface area contributed by atoms with Gasteiger partial charge >= 0.3 is 0 Å². The quantitative estimate of drug-likeness (QED) is 0.568. The van der Waals surface area contributed by atoms with Crippen LogP contribution in [-0.4, -0.2) is 11.8 Å². The predicted octanol–water partition coefficient (Wildman–Crippen LogP) is 4.30. The maximum absolute atomic E-state index is 13.9. The average molecular weight is 404 g/mol. The largest absolute Gasteiger partial charge is 0.274 e. The zero-order valence-electron chi connectivity index (χ0n) is 17.3. The highest BCUT2D eigenvalue weighted by Crippen LogP contribution is 2.66. The fourth-order valence-electron chi connectivity index (χ4n) is 6.51. The molecule has 3 aromatic carbocycles. The van der Waals surface area contributed by atoms with Crippen molar-refractivity contribution in [2.75, 3.05) is 4.90 Å². The lowest BCUT2D eigenvalue weighted by Gasteiger charge is -2.57. The molecule has 0 unspecified atom stereocenters. The highest BCUT2D eigenvalue weighted by molar-refractivity contribution is 6.24. The lowest BCUT2D eigenvalue weighted by Crippen LogP contribution is -2.59. The zero-order chi connectivity index (χ0) is 21.5. The second-order valence-corrected chi connectivity index (χ2v) is 9.12. The van der Waals surface area contributed by atoms with E-state index in [4.69, 9.17) is 5.26 Å². The molecule has 3 aromatic rings. The van der Waals surface area contributed by atoms with Gasteiger partial charge in [0.25, 0.3) is 0 Å². The number of carbonyl (C=O) groups excluding carboxylic acids is 2. The van der Waals surface area contributed by atoms with Crippen LogP contribution >= 0.6 is 0 Å². The van der Waals surface area contributed by atoms with Crippen molar-refractivity contribution in [1.82, 2.24) is 0 Å². The summed E-state index contributed by atoms with van der Waals surface area (Å²) in [6.45, 7) is 4.24. The Hall–Kier alpha value is -3.71. The van der Waals surface area contributed by atoms with Crippen LogP contribution in [0.4, 0.5) is 5.69 Å². The van der Waals surface area contributed by atoms with Crippen LogP contribution in [0.5, 0.6) is 0 Å². The van der Waals surface area contributed by atoms with Gasteiger partial charge in [0.1, 0.15) is 0 Å². The molecule has 0 saturated carbocycles. The Morgan fingerprint density at radius 3 is 1.45 bits per heavy atom. The molecule has 1 aliphatic heterocycles. The van der Waals surface area contributed by atoms with E-state index in [1.807, 2.05) is 24.3 Å². The first kappa shape index (κ1) is 18.1. The molecule has 0 spiro atoms. The fourth-order valence-corrected chi connectivity index (χ4v) is 6.51. The minimum absolute atomic E-state index is 0.155. The third-order valence-corrected chi connectivity index (χ3v) is 7.90. The molecule has 1 fully saturated rings. The van der Waals surface area contributed by atoms with E-state index in [1.54, 1.807) is 24.3 Å². The zero-order valence-corrected chi connectivity index (χ0v) is 17.3. The van der Waals surface area contributed by atoms with Crippen molar-refractivity contribution in [3.05, 3.63) is 101 Å². The van der Waals surface area contributed by atoms with Crippen LogP contribution in [0.3, 0.4) is 0 Å². The standard InChI is InChI=1S/C27H20N2O2/c1-26-18-7-3-5-9-20(18)27(2,21-10-6-4-8-19(21)26)23-22(26)24(30)29(25(23)31)17-13-11-16(15-28)12-14-17/h3-14,22-23H,1-2H3/t22-,23-,26?,27?/m1/s1. The van der Waals surface area contributed by atoms with E-state index in [1.165, 1.54) is 4.90 Å². The molecule has 31 heavy (non-hydrogen) atoms. The van der Waals surface area contributed by atoms with Crippen LogP contribution < -0.4 is 4.90 Å². The Kier molecular flexibility index (Phi) is 3.33. The summed E-state index contributed by atoms with van der Waals surface area (Å²) in [4.78, 5) is 29.2. The molecule has 4 heteroatoms. The number of rotatable bonds is 1. The lowest BCUT2D eigenvalue weighted by atomic mass is 9.42. The van der Waals surface area contributed by atoms with Crippen molar-refractivity contribution in [1.29, 1.82) is 5.26 Å². The first-order valence-electron chi connectivity index (χ1n) is 10.5. The van der Waals surface area contributed by atoms with Gasteiger partial charge < -0.3 is 0 Å². The SMILES string of the molecule is CC12c3ccccc3C(C)(c3ccccc31)[C@H]1C(=O)N(c3ccc(C#N)cc3)C(=O)[C@@H]12. The number of anilines is 1. The van der Waals surface area contributed by atoms with Gasteiger partial charge in [0.05, 0.1) is 29.2 Å². The summed E-state index contributed by atoms with van der Waals surface area (Å²) in [7, 11) is 0. The minimum Gasteiger partial charge on any atom is -0.274 e. The molecule has 7 rings (SSSR count). The Morgan fingerprint density at radius 2 is 1.10 bits per heavy atom. The fraction of sp³-hybridized carbons (Fsp3) is 0.222. The lowest BCUT2D eigenvalue weighted by molar-refractivity contribution is -0.124. The van der Waals surface area contributed by atoms with Crippen molar-refractivity contribution in [2.24, 2.45) is 11.8 Å². The summed E-state index contributed by atoms with van der Waals surface area (Å²) in [6.07, 6.45) is 0. The van der Waals surface area contributed by atoms with Gasteiger partial charge in [-0.15, -0.1) is 0 Å². The van der Waals surface area contributed by atoms with E-state index in [2.05, 4.69) is 44.2 Å². The molecule has 0 aromatic heterocycles. The summed E-state index contributed by atoms with van der Waals surface area (Å²) in [6, 6.07) is 25.3. The van der Waals surface area contributed by atoms with Gasteiger partial charge in [-0.3, -0.25) is 9.59 Å². The number of benzene rings is 3. The van der Waals surface area contributed by atoms with Crippen LogP contribution in [0.25, 0.3) is 0 Å². The molecule has 4 aliphatic rings. The van der Waals surface area contributed by atoms with Crippen molar-refractivity contribution in [3.63, 3.8) is 0 Å². The molecule has 0 radical (unpaired) electrons. The number of amides is 2. The van der Waals surface area contributed by atoms with E-state index in [9.17, 15) is 9.59 Å². The number of carbonyl (C=O) groups is 2. The second kappa shape index (κ2) is 5.70. The van der Waals surface area contributed by atoms with Crippen LogP contribution in [0, 0.1) is 23.2 Å². The highest BCUT2D eigenvalue weighted by Gasteiger charge is 2.70. The molecule has 1 heterocycles. The summed E-state index contributed by atoms with van der Waals surface area (Å²) < 4.78 is 0. The Labute approximate surface area is 180 Å². The Morgan fingerprint density at radius 1 is 0.710 bits per heavy atom. The van der Waals surface area contributed by atoms with E-state index in [0.29, 0.717) is 11.3 Å². The third kappa shape index (κ3) is 1.90. The van der Waals surface area contributed by atoms with Crippen molar-refractivity contribution in [3.8, 4) is 6.07 Å². The topological polar surface area (TPSA) is 61.2 Å². The number of hydrogen-bond acceptors (Lipinski definition) is 3. The van der Waals surface area contributed by atoms with Crippen LogP contribution in [0.15, 0.2) is 72.8 Å². The summed E-state index contributed by atoms with van der Waals surface area (Å²) in [5, 5.41) is 9.11. The van der Waals surface area contributed by atoms with Crippen LogP contribution in [0.1, 0.15) is 41.7 Å². The Bertz CT molecular complexity index is 1210. The minimum atomic E-state index is -0.580. The predicted molar refractivity (Wildman–Crippen MR) is 116 cm³/mol. The van der Waals surface area contributed by atoms with Crippen molar-refractivity contribution >= 4 is 17.5 Å². The average Bonchev–Trinajstić information content (AvgIpc) is 3.08. The molecule has 2 atom stereocenters. The number of imide groups is 1. The van der Waals surface area contributed by atoms with Crippen LogP contribution in [0.2, 0.25) is 0 Å². The highest BCUT2D eigenvalue weighted by atomic mass is 16.2. The van der Waals surface area contributed by atoms with Gasteiger partial charge in [-0.1, -0.05) is 62.4 Å². The first-order chi connectivity index (χ1) is 14.9. The normalized spacial score (nSPS) is 29.9. The van der Waals surface area contributed by atoms with E-state index < -0.39 is 22.7 Å². The van der Waals surface area contributed by atoms with E-state index in [-0.39, 0.29) is 11.8 Å². The molecule has 2 bridgehead atoms. The molecule has 0 N–H and O–H groups in total. The summed E-state index contributed by atoms with van der Waals surface area (Å²) >= 11 is 0. The van der Waals surface area contributed by atoms with Gasteiger partial charge in [-0.2, -0.15) is 5.26 Å². The molecule has 1 saturated heterocycles. The molecule has 150 valence electrons. The molecule has 4 nitrogen and oxygen atoms in total. The van der Waals surface area contributed by atoms with Crippen molar-refractivity contribution in [2.45, 2.75) is 24.7 Å². The number of nitrogens with zero attached hydrogens (tertiary/aromatic N) is 2. The smallest absolute Gasteiger partial charge is 0.238 e. The van der Waals surface area contributed by atoms with E-state index >= 15 is 0 Å². The third-order valence-electron chi connectivity index (χ3n) is 7.90. The van der Waals surface area contributed by atoms with Gasteiger partial charge in [0.2, 0.25) is 11.8 Å². The van der Waals surface area contributed by atoms with Crippen LogP contribution in [-0.2, 0) is 20.4 Å². The molecular formula is C27H20N2O2. The van der Waals surface area contributed by atoms with E-state index in [0.717, 1.165) is 22.3 Å². The molecule has 2 amide bonds. The summed E-state index contributed by atoms with van der Waals surface area (Å²) in [5.41, 5.74) is 4.43. The van der Waals surface area contributed by atoms with Gasteiger partial charge in [0, 0.05) is 10.8 Å².